The monoisotopic (exact) mass is 246 g/mol. The van der Waals surface area contributed by atoms with E-state index in [4.69, 9.17) is 4.74 Å². The van der Waals surface area contributed by atoms with E-state index < -0.39 is 0 Å². The van der Waals surface area contributed by atoms with Gasteiger partial charge in [-0.3, -0.25) is 0 Å². The number of ether oxygens (including phenoxy) is 1. The first kappa shape index (κ1) is 11.9. The van der Waals surface area contributed by atoms with Gasteiger partial charge in [0, 0.05) is 11.0 Å². The van der Waals surface area contributed by atoms with Gasteiger partial charge in [0.25, 0.3) is 0 Å². The maximum atomic E-state index is 9.96. The lowest BCUT2D eigenvalue weighted by atomic mass is 10.2. The second kappa shape index (κ2) is 5.15. The molecule has 0 aliphatic rings. The summed E-state index contributed by atoms with van der Waals surface area (Å²) < 4.78 is 5.11. The van der Waals surface area contributed by atoms with Crippen molar-refractivity contribution < 1.29 is 9.84 Å². The Labute approximate surface area is 105 Å². The average molecular weight is 246 g/mol. The molecule has 1 N–H and O–H groups in total. The molecule has 0 spiro atoms. The zero-order valence-electron chi connectivity index (χ0n) is 9.81. The number of rotatable bonds is 3. The number of methoxy groups -OCH3 is 1. The van der Waals surface area contributed by atoms with Crippen molar-refractivity contribution in [1.82, 2.24) is 0 Å². The molecule has 0 saturated carbocycles. The minimum atomic E-state index is 0.260. The fraction of sp³-hybridized carbons (Fsp3) is 0.143. The highest BCUT2D eigenvalue weighted by Crippen LogP contribution is 2.39. The molecule has 0 bridgehead atoms. The second-order valence-corrected chi connectivity index (χ2v) is 4.79. The first-order valence-electron chi connectivity index (χ1n) is 5.31. The number of aryl methyl sites for hydroxylation is 1. The summed E-state index contributed by atoms with van der Waals surface area (Å²) in [7, 11) is 1.60. The molecule has 3 heteroatoms. The number of phenols is 1. The van der Waals surface area contributed by atoms with Crippen LogP contribution >= 0.6 is 11.8 Å². The molecular formula is C14H14O2S. The third-order valence-corrected chi connectivity index (χ3v) is 3.67. The highest BCUT2D eigenvalue weighted by molar-refractivity contribution is 7.99. The maximum Gasteiger partial charge on any atom is 0.133 e. The molecule has 0 atom stereocenters. The molecule has 88 valence electrons. The molecule has 0 unspecified atom stereocenters. The van der Waals surface area contributed by atoms with Gasteiger partial charge in [-0.05, 0) is 30.7 Å². The van der Waals surface area contributed by atoms with E-state index in [1.54, 1.807) is 24.9 Å². The van der Waals surface area contributed by atoms with Crippen molar-refractivity contribution in [3.8, 4) is 11.5 Å². The van der Waals surface area contributed by atoms with E-state index >= 15 is 0 Å². The molecule has 0 aliphatic carbocycles. The zero-order valence-corrected chi connectivity index (χ0v) is 10.6. The summed E-state index contributed by atoms with van der Waals surface area (Å²) in [6.07, 6.45) is 0. The molecule has 2 nitrogen and oxygen atoms in total. The predicted molar refractivity (Wildman–Crippen MR) is 70.0 cm³/mol. The smallest absolute Gasteiger partial charge is 0.133 e. The summed E-state index contributed by atoms with van der Waals surface area (Å²) in [6.45, 7) is 1.97. The molecular weight excluding hydrogens is 232 g/mol. The summed E-state index contributed by atoms with van der Waals surface area (Å²) >= 11 is 1.55. The molecule has 2 aromatic rings. The van der Waals surface area contributed by atoms with E-state index in [-0.39, 0.29) is 5.75 Å². The molecule has 17 heavy (non-hydrogen) atoms. The lowest BCUT2D eigenvalue weighted by Gasteiger charge is -2.10. The normalized spacial score (nSPS) is 10.2. The van der Waals surface area contributed by atoms with E-state index in [0.29, 0.717) is 5.75 Å². The SMILES string of the molecule is COc1cc(C)c(Sc2ccccc2)c(O)c1. The van der Waals surface area contributed by atoms with Crippen LogP contribution in [0.15, 0.2) is 52.3 Å². The molecule has 0 heterocycles. The van der Waals surface area contributed by atoms with Crippen molar-refractivity contribution in [2.45, 2.75) is 16.7 Å². The van der Waals surface area contributed by atoms with Gasteiger partial charge in [-0.15, -0.1) is 0 Å². The number of hydrogen-bond donors (Lipinski definition) is 1. The number of benzene rings is 2. The lowest BCUT2D eigenvalue weighted by molar-refractivity contribution is 0.404. The fourth-order valence-corrected chi connectivity index (χ4v) is 2.49. The standard InChI is InChI=1S/C14H14O2S/c1-10-8-11(16-2)9-13(15)14(10)17-12-6-4-3-5-7-12/h3-9,15H,1-2H3. The van der Waals surface area contributed by atoms with Crippen LogP contribution in [0, 0.1) is 6.92 Å². The van der Waals surface area contributed by atoms with E-state index in [9.17, 15) is 5.11 Å². The van der Waals surface area contributed by atoms with Crippen LogP contribution in [0.25, 0.3) is 0 Å². The van der Waals surface area contributed by atoms with E-state index in [1.165, 1.54) is 0 Å². The first-order chi connectivity index (χ1) is 8.20. The van der Waals surface area contributed by atoms with Crippen molar-refractivity contribution >= 4 is 11.8 Å². The third kappa shape index (κ3) is 2.74. The summed E-state index contributed by atoms with van der Waals surface area (Å²) in [4.78, 5) is 1.98. The Kier molecular flexibility index (Phi) is 3.59. The largest absolute Gasteiger partial charge is 0.507 e. The minimum absolute atomic E-state index is 0.260. The quantitative estimate of drug-likeness (QED) is 0.891. The van der Waals surface area contributed by atoms with Crippen molar-refractivity contribution in [3.63, 3.8) is 0 Å². The molecule has 0 aromatic heterocycles. The Balaban J connectivity index is 2.33. The van der Waals surface area contributed by atoms with Gasteiger partial charge in [0.05, 0.1) is 12.0 Å². The molecule has 2 aromatic carbocycles. The van der Waals surface area contributed by atoms with Gasteiger partial charge in [-0.25, -0.2) is 0 Å². The molecule has 0 aliphatic heterocycles. The Morgan fingerprint density at radius 3 is 2.41 bits per heavy atom. The second-order valence-electron chi connectivity index (χ2n) is 3.71. The Hall–Kier alpha value is -1.61. The summed E-state index contributed by atoms with van der Waals surface area (Å²) in [5.41, 5.74) is 1.01. The van der Waals surface area contributed by atoms with Crippen LogP contribution in [-0.4, -0.2) is 12.2 Å². The summed E-state index contributed by atoms with van der Waals surface area (Å²) in [5.74, 6) is 0.938. The Bertz CT molecular complexity index is 486. The number of aromatic hydroxyl groups is 1. The topological polar surface area (TPSA) is 29.5 Å². The van der Waals surface area contributed by atoms with Crippen molar-refractivity contribution in [3.05, 3.63) is 48.0 Å². The van der Waals surface area contributed by atoms with Crippen molar-refractivity contribution in [2.75, 3.05) is 7.11 Å². The van der Waals surface area contributed by atoms with E-state index in [0.717, 1.165) is 15.4 Å². The lowest BCUT2D eigenvalue weighted by Crippen LogP contribution is -1.87. The van der Waals surface area contributed by atoms with Crippen LogP contribution in [0.2, 0.25) is 0 Å². The van der Waals surface area contributed by atoms with Gasteiger partial charge in [-0.1, -0.05) is 30.0 Å². The average Bonchev–Trinajstić information content (AvgIpc) is 2.35. The Morgan fingerprint density at radius 2 is 1.82 bits per heavy atom. The van der Waals surface area contributed by atoms with Crippen molar-refractivity contribution in [1.29, 1.82) is 0 Å². The predicted octanol–water partition coefficient (Wildman–Crippen LogP) is 3.86. The zero-order chi connectivity index (χ0) is 12.3. The van der Waals surface area contributed by atoms with Crippen LogP contribution in [0.1, 0.15) is 5.56 Å². The van der Waals surface area contributed by atoms with Crippen LogP contribution in [-0.2, 0) is 0 Å². The van der Waals surface area contributed by atoms with Gasteiger partial charge >= 0.3 is 0 Å². The van der Waals surface area contributed by atoms with Crippen LogP contribution < -0.4 is 4.74 Å². The summed E-state index contributed by atoms with van der Waals surface area (Å²) in [6, 6.07) is 13.5. The van der Waals surface area contributed by atoms with Crippen LogP contribution in [0.4, 0.5) is 0 Å². The minimum Gasteiger partial charge on any atom is -0.507 e. The highest BCUT2D eigenvalue weighted by Gasteiger charge is 2.09. The highest BCUT2D eigenvalue weighted by atomic mass is 32.2. The van der Waals surface area contributed by atoms with Gasteiger partial charge in [-0.2, -0.15) is 0 Å². The van der Waals surface area contributed by atoms with Gasteiger partial charge in [0.2, 0.25) is 0 Å². The fourth-order valence-electron chi connectivity index (χ4n) is 1.58. The Morgan fingerprint density at radius 1 is 1.12 bits per heavy atom. The molecule has 0 amide bonds. The van der Waals surface area contributed by atoms with Crippen molar-refractivity contribution in [2.24, 2.45) is 0 Å². The maximum absolute atomic E-state index is 9.96. The van der Waals surface area contributed by atoms with Gasteiger partial charge < -0.3 is 9.84 Å². The number of hydrogen-bond acceptors (Lipinski definition) is 3. The molecule has 0 radical (unpaired) electrons. The number of phenolic OH excluding ortho intramolecular Hbond substituents is 1. The van der Waals surface area contributed by atoms with E-state index in [2.05, 4.69) is 0 Å². The van der Waals surface area contributed by atoms with Crippen LogP contribution in [0.5, 0.6) is 11.5 Å². The first-order valence-corrected chi connectivity index (χ1v) is 6.13. The molecule has 2 rings (SSSR count). The summed E-state index contributed by atoms with van der Waals surface area (Å²) in [5, 5.41) is 9.96. The third-order valence-electron chi connectivity index (χ3n) is 2.43. The molecule has 0 fully saturated rings. The van der Waals surface area contributed by atoms with Gasteiger partial charge in [0.1, 0.15) is 11.5 Å². The van der Waals surface area contributed by atoms with Crippen LogP contribution in [0.3, 0.4) is 0 Å². The van der Waals surface area contributed by atoms with E-state index in [1.807, 2.05) is 43.3 Å². The molecule has 0 saturated heterocycles. The van der Waals surface area contributed by atoms with Gasteiger partial charge in [0.15, 0.2) is 0 Å².